The summed E-state index contributed by atoms with van der Waals surface area (Å²) in [6.07, 6.45) is 0. The summed E-state index contributed by atoms with van der Waals surface area (Å²) in [4.78, 5) is 18.6. The van der Waals surface area contributed by atoms with E-state index in [9.17, 15) is 9.59 Å². The fourth-order valence-electron chi connectivity index (χ4n) is 0.0680. The Hall–Kier alpha value is -0.860. The molecule has 0 fully saturated rings. The van der Waals surface area contributed by atoms with Gasteiger partial charge in [0.1, 0.15) is 5.78 Å². The standard InChI is InChI=1S/C3H6O2.C3H6O/c1-2-5-3-4;1-3(2)4/h3H,2H2,1H3;1-2H3. The van der Waals surface area contributed by atoms with Crippen molar-refractivity contribution in [1.29, 1.82) is 0 Å². The highest BCUT2D eigenvalue weighted by Gasteiger charge is 1.62. The molecule has 0 aliphatic carbocycles. The summed E-state index contributed by atoms with van der Waals surface area (Å²) >= 11 is 0. The van der Waals surface area contributed by atoms with Gasteiger partial charge < -0.3 is 9.53 Å². The van der Waals surface area contributed by atoms with Crippen LogP contribution < -0.4 is 0 Å². The molecule has 9 heavy (non-hydrogen) atoms. The van der Waals surface area contributed by atoms with Gasteiger partial charge in [0.25, 0.3) is 6.47 Å². The highest BCUT2D eigenvalue weighted by Crippen LogP contribution is 1.55. The first-order valence-corrected chi connectivity index (χ1v) is 2.67. The summed E-state index contributed by atoms with van der Waals surface area (Å²) in [6.45, 7) is 5.72. The fraction of sp³-hybridized carbons (Fsp3) is 0.667. The van der Waals surface area contributed by atoms with Gasteiger partial charge in [-0.25, -0.2) is 0 Å². The van der Waals surface area contributed by atoms with E-state index < -0.39 is 0 Å². The summed E-state index contributed by atoms with van der Waals surface area (Å²) in [7, 11) is 0. The van der Waals surface area contributed by atoms with Gasteiger partial charge in [-0.05, 0) is 20.8 Å². The first-order chi connectivity index (χ1) is 4.15. The summed E-state index contributed by atoms with van der Waals surface area (Å²) in [6, 6.07) is 0. The lowest BCUT2D eigenvalue weighted by atomic mass is 10.6. The number of hydrogen-bond donors (Lipinski definition) is 0. The number of Topliss-reactive ketones (excluding diaryl/α,β-unsaturated/α-hetero) is 1. The van der Waals surface area contributed by atoms with Crippen molar-refractivity contribution >= 4 is 12.3 Å². The zero-order valence-corrected chi connectivity index (χ0v) is 6.01. The number of carbonyl (C=O) groups excluding carboxylic acids is 2. The molecule has 0 unspecified atom stereocenters. The molecule has 0 aromatic rings. The van der Waals surface area contributed by atoms with Crippen molar-refractivity contribution in [2.24, 2.45) is 0 Å². The van der Waals surface area contributed by atoms with Gasteiger partial charge in [0.2, 0.25) is 0 Å². The average Bonchev–Trinajstić information content (AvgIpc) is 1.66. The molecule has 0 aliphatic heterocycles. The number of hydrogen-bond acceptors (Lipinski definition) is 3. The van der Waals surface area contributed by atoms with Crippen LogP contribution in [-0.2, 0) is 14.3 Å². The van der Waals surface area contributed by atoms with Crippen LogP contribution in [-0.4, -0.2) is 18.9 Å². The van der Waals surface area contributed by atoms with Gasteiger partial charge in [0.15, 0.2) is 0 Å². The van der Waals surface area contributed by atoms with Crippen LogP contribution in [0.2, 0.25) is 0 Å². The van der Waals surface area contributed by atoms with Crippen LogP contribution >= 0.6 is 0 Å². The molecule has 0 N–H and O–H groups in total. The summed E-state index contributed by atoms with van der Waals surface area (Å²) < 4.78 is 4.15. The van der Waals surface area contributed by atoms with Crippen molar-refractivity contribution in [2.75, 3.05) is 6.61 Å². The van der Waals surface area contributed by atoms with Gasteiger partial charge in [-0.3, -0.25) is 4.79 Å². The van der Waals surface area contributed by atoms with Crippen LogP contribution in [0.25, 0.3) is 0 Å². The van der Waals surface area contributed by atoms with Gasteiger partial charge in [-0.1, -0.05) is 0 Å². The second-order valence-corrected chi connectivity index (χ2v) is 1.46. The van der Waals surface area contributed by atoms with Gasteiger partial charge >= 0.3 is 0 Å². The lowest BCUT2D eigenvalue weighted by Gasteiger charge is -1.79. The highest BCUT2D eigenvalue weighted by atomic mass is 16.5. The van der Waals surface area contributed by atoms with Crippen molar-refractivity contribution < 1.29 is 14.3 Å². The van der Waals surface area contributed by atoms with Crippen molar-refractivity contribution in [1.82, 2.24) is 0 Å². The summed E-state index contributed by atoms with van der Waals surface area (Å²) in [5.41, 5.74) is 0. The SMILES string of the molecule is CC(C)=O.CCOC=O. The molecule has 3 nitrogen and oxygen atoms in total. The minimum atomic E-state index is 0.167. The van der Waals surface area contributed by atoms with E-state index in [2.05, 4.69) is 4.74 Å². The fourth-order valence-corrected chi connectivity index (χ4v) is 0.0680. The van der Waals surface area contributed by atoms with Crippen LogP contribution in [0, 0.1) is 0 Å². The second-order valence-electron chi connectivity index (χ2n) is 1.46. The third kappa shape index (κ3) is 145. The molecular formula is C6H12O3. The van der Waals surface area contributed by atoms with Crippen LogP contribution in [0.5, 0.6) is 0 Å². The van der Waals surface area contributed by atoms with Crippen molar-refractivity contribution in [2.45, 2.75) is 20.8 Å². The molecule has 0 atom stereocenters. The Morgan fingerprint density at radius 2 is 1.89 bits per heavy atom. The Morgan fingerprint density at radius 3 is 1.89 bits per heavy atom. The zero-order valence-electron chi connectivity index (χ0n) is 6.01. The smallest absolute Gasteiger partial charge is 0.293 e. The first-order valence-electron chi connectivity index (χ1n) is 2.67. The zero-order chi connectivity index (χ0) is 7.70. The normalized spacial score (nSPS) is 6.56. The van der Waals surface area contributed by atoms with Crippen LogP contribution in [0.4, 0.5) is 0 Å². The predicted octanol–water partition coefficient (Wildman–Crippen LogP) is 0.775. The molecule has 0 radical (unpaired) electrons. The molecule has 0 saturated heterocycles. The van der Waals surface area contributed by atoms with Gasteiger partial charge in [0, 0.05) is 0 Å². The maximum absolute atomic E-state index is 9.44. The quantitative estimate of drug-likeness (QED) is 0.521. The number of rotatable bonds is 2. The first kappa shape index (κ1) is 11.0. The van der Waals surface area contributed by atoms with Crippen LogP contribution in [0.3, 0.4) is 0 Å². The second kappa shape index (κ2) is 10.2. The molecule has 3 heteroatoms. The molecule has 0 rings (SSSR count). The minimum Gasteiger partial charge on any atom is -0.468 e. The Balaban J connectivity index is 0. The molecule has 0 bridgehead atoms. The maximum Gasteiger partial charge on any atom is 0.293 e. The minimum absolute atomic E-state index is 0.167. The van der Waals surface area contributed by atoms with E-state index in [4.69, 9.17) is 0 Å². The highest BCUT2D eigenvalue weighted by molar-refractivity contribution is 5.72. The molecule has 54 valence electrons. The molecular weight excluding hydrogens is 120 g/mol. The lowest BCUT2D eigenvalue weighted by molar-refractivity contribution is -0.128. The van der Waals surface area contributed by atoms with E-state index in [1.165, 1.54) is 13.8 Å². The Kier molecular flexibility index (Phi) is 12.5. The van der Waals surface area contributed by atoms with Gasteiger partial charge in [-0.2, -0.15) is 0 Å². The van der Waals surface area contributed by atoms with Crippen LogP contribution in [0.15, 0.2) is 0 Å². The number of ketones is 1. The Morgan fingerprint density at radius 1 is 1.56 bits per heavy atom. The van der Waals surface area contributed by atoms with E-state index in [-0.39, 0.29) is 5.78 Å². The van der Waals surface area contributed by atoms with E-state index in [0.29, 0.717) is 13.1 Å². The lowest BCUT2D eigenvalue weighted by Crippen LogP contribution is -1.80. The number of carbonyl (C=O) groups is 2. The molecule has 0 aromatic heterocycles. The molecule has 0 aliphatic rings. The third-order valence-corrected chi connectivity index (χ3v) is 0.235. The van der Waals surface area contributed by atoms with E-state index in [1.807, 2.05) is 0 Å². The van der Waals surface area contributed by atoms with Gasteiger partial charge in [0.05, 0.1) is 6.61 Å². The van der Waals surface area contributed by atoms with Crippen LogP contribution in [0.1, 0.15) is 20.8 Å². The molecule has 0 spiro atoms. The summed E-state index contributed by atoms with van der Waals surface area (Å²) in [5.74, 6) is 0.167. The Labute approximate surface area is 55.0 Å². The third-order valence-electron chi connectivity index (χ3n) is 0.235. The summed E-state index contributed by atoms with van der Waals surface area (Å²) in [5, 5.41) is 0. The molecule has 0 saturated carbocycles. The molecule has 0 heterocycles. The molecule has 0 amide bonds. The predicted molar refractivity (Wildman–Crippen MR) is 34.0 cm³/mol. The van der Waals surface area contributed by atoms with Crippen molar-refractivity contribution in [3.05, 3.63) is 0 Å². The van der Waals surface area contributed by atoms with Gasteiger partial charge in [-0.15, -0.1) is 0 Å². The average molecular weight is 132 g/mol. The topological polar surface area (TPSA) is 43.4 Å². The van der Waals surface area contributed by atoms with E-state index in [1.54, 1.807) is 6.92 Å². The van der Waals surface area contributed by atoms with E-state index >= 15 is 0 Å². The monoisotopic (exact) mass is 132 g/mol. The largest absolute Gasteiger partial charge is 0.468 e. The number of ether oxygens (including phenoxy) is 1. The Bertz CT molecular complexity index is 74.4. The van der Waals surface area contributed by atoms with Crippen molar-refractivity contribution in [3.8, 4) is 0 Å². The van der Waals surface area contributed by atoms with Crippen molar-refractivity contribution in [3.63, 3.8) is 0 Å². The molecule has 0 aromatic carbocycles. The maximum atomic E-state index is 9.44. The van der Waals surface area contributed by atoms with E-state index in [0.717, 1.165) is 0 Å².